The highest BCUT2D eigenvalue weighted by Crippen LogP contribution is 2.28. The van der Waals surface area contributed by atoms with Crippen molar-refractivity contribution in [1.82, 2.24) is 4.98 Å². The van der Waals surface area contributed by atoms with E-state index in [1.807, 2.05) is 36.4 Å². The standard InChI is InChI=1S/C22H17BrN2O2/c1-2-14-3-5-15(6-4-14)22-25-19-9-8-18(12-21(19)27-22)24-13-16-11-17(23)7-10-20(16)26/h3-13,26H,2H2,1H3. The monoisotopic (exact) mass is 420 g/mol. The molecule has 134 valence electrons. The predicted molar refractivity (Wildman–Crippen MR) is 112 cm³/mol. The van der Waals surface area contributed by atoms with Crippen molar-refractivity contribution in [2.45, 2.75) is 13.3 Å². The quantitative estimate of drug-likeness (QED) is 0.395. The molecule has 4 nitrogen and oxygen atoms in total. The van der Waals surface area contributed by atoms with Gasteiger partial charge in [-0.15, -0.1) is 0 Å². The minimum Gasteiger partial charge on any atom is -0.507 e. The van der Waals surface area contributed by atoms with E-state index >= 15 is 0 Å². The Hall–Kier alpha value is -2.92. The molecule has 1 aromatic heterocycles. The molecule has 0 unspecified atom stereocenters. The van der Waals surface area contributed by atoms with Crippen LogP contribution in [0.3, 0.4) is 0 Å². The fourth-order valence-electron chi connectivity index (χ4n) is 2.77. The Labute approximate surface area is 165 Å². The molecule has 0 fully saturated rings. The Morgan fingerprint density at radius 3 is 2.67 bits per heavy atom. The van der Waals surface area contributed by atoms with E-state index in [-0.39, 0.29) is 5.75 Å². The number of phenolic OH excluding ortho intramolecular Hbond substituents is 1. The summed E-state index contributed by atoms with van der Waals surface area (Å²) in [4.78, 5) is 9.00. The number of fused-ring (bicyclic) bond motifs is 1. The lowest BCUT2D eigenvalue weighted by molar-refractivity contribution is 0.474. The maximum absolute atomic E-state index is 9.91. The molecular formula is C22H17BrN2O2. The Bertz CT molecular complexity index is 1130. The number of aliphatic imine (C=N–C) groups is 1. The zero-order chi connectivity index (χ0) is 18.8. The highest BCUT2D eigenvalue weighted by molar-refractivity contribution is 9.10. The van der Waals surface area contributed by atoms with Gasteiger partial charge in [0.1, 0.15) is 11.3 Å². The van der Waals surface area contributed by atoms with Crippen LogP contribution in [0, 0.1) is 0 Å². The fourth-order valence-corrected chi connectivity index (χ4v) is 3.15. The second kappa shape index (κ2) is 7.37. The van der Waals surface area contributed by atoms with Crippen LogP contribution in [-0.2, 0) is 6.42 Å². The van der Waals surface area contributed by atoms with Gasteiger partial charge in [-0.05, 0) is 54.4 Å². The summed E-state index contributed by atoms with van der Waals surface area (Å²) in [6.45, 7) is 2.13. The SMILES string of the molecule is CCc1ccc(-c2nc3ccc(N=Cc4cc(Br)ccc4O)cc3o2)cc1. The Balaban J connectivity index is 1.64. The molecular weight excluding hydrogens is 404 g/mol. The summed E-state index contributed by atoms with van der Waals surface area (Å²) >= 11 is 3.39. The average molecular weight is 421 g/mol. The normalized spacial score (nSPS) is 11.5. The first kappa shape index (κ1) is 17.5. The van der Waals surface area contributed by atoms with E-state index in [0.29, 0.717) is 17.0 Å². The number of rotatable bonds is 4. The van der Waals surface area contributed by atoms with Crippen molar-refractivity contribution in [3.05, 3.63) is 76.3 Å². The summed E-state index contributed by atoms with van der Waals surface area (Å²) < 4.78 is 6.80. The van der Waals surface area contributed by atoms with Gasteiger partial charge >= 0.3 is 0 Å². The molecule has 0 atom stereocenters. The number of aryl methyl sites for hydroxylation is 1. The maximum atomic E-state index is 9.91. The number of phenols is 1. The lowest BCUT2D eigenvalue weighted by atomic mass is 10.1. The minimum absolute atomic E-state index is 0.181. The molecule has 3 aromatic carbocycles. The average Bonchev–Trinajstić information content (AvgIpc) is 3.12. The summed E-state index contributed by atoms with van der Waals surface area (Å²) in [7, 11) is 0. The number of hydrogen-bond acceptors (Lipinski definition) is 4. The van der Waals surface area contributed by atoms with Gasteiger partial charge in [0.25, 0.3) is 0 Å². The third-order valence-corrected chi connectivity index (χ3v) is 4.82. The first-order chi connectivity index (χ1) is 13.1. The van der Waals surface area contributed by atoms with Crippen molar-refractivity contribution in [1.29, 1.82) is 0 Å². The topological polar surface area (TPSA) is 58.6 Å². The van der Waals surface area contributed by atoms with Crippen LogP contribution in [0.1, 0.15) is 18.1 Å². The smallest absolute Gasteiger partial charge is 0.227 e. The van der Waals surface area contributed by atoms with Gasteiger partial charge in [-0.1, -0.05) is 35.0 Å². The van der Waals surface area contributed by atoms with Gasteiger partial charge in [0.2, 0.25) is 5.89 Å². The molecule has 0 saturated heterocycles. The molecule has 5 heteroatoms. The predicted octanol–water partition coefficient (Wildman–Crippen LogP) is 6.28. The minimum atomic E-state index is 0.181. The molecule has 0 aliphatic carbocycles. The van der Waals surface area contributed by atoms with Crippen LogP contribution < -0.4 is 0 Å². The van der Waals surface area contributed by atoms with E-state index in [1.54, 1.807) is 18.3 Å². The number of aromatic nitrogens is 1. The van der Waals surface area contributed by atoms with Crippen LogP contribution in [0.15, 0.2) is 74.5 Å². The molecule has 0 spiro atoms. The number of aromatic hydroxyl groups is 1. The molecule has 4 rings (SSSR count). The lowest BCUT2D eigenvalue weighted by Gasteiger charge is -1.99. The van der Waals surface area contributed by atoms with Crippen LogP contribution in [0.5, 0.6) is 5.75 Å². The number of hydrogen-bond donors (Lipinski definition) is 1. The third-order valence-electron chi connectivity index (χ3n) is 4.32. The van der Waals surface area contributed by atoms with Gasteiger partial charge in [-0.2, -0.15) is 0 Å². The summed E-state index contributed by atoms with van der Waals surface area (Å²) in [5.41, 5.74) is 5.06. The molecule has 0 aliphatic rings. The van der Waals surface area contributed by atoms with E-state index in [4.69, 9.17) is 4.42 Å². The summed E-state index contributed by atoms with van der Waals surface area (Å²) in [5.74, 6) is 0.777. The molecule has 4 aromatic rings. The second-order valence-corrected chi connectivity index (χ2v) is 7.10. The van der Waals surface area contributed by atoms with Crippen molar-refractivity contribution < 1.29 is 9.52 Å². The molecule has 0 saturated carbocycles. The number of halogens is 1. The van der Waals surface area contributed by atoms with Crippen molar-refractivity contribution in [2.24, 2.45) is 4.99 Å². The number of benzene rings is 3. The van der Waals surface area contributed by atoms with Gasteiger partial charge in [0, 0.05) is 27.9 Å². The largest absolute Gasteiger partial charge is 0.507 e. The van der Waals surface area contributed by atoms with Crippen molar-refractivity contribution in [2.75, 3.05) is 0 Å². The second-order valence-electron chi connectivity index (χ2n) is 6.18. The van der Waals surface area contributed by atoms with E-state index < -0.39 is 0 Å². The summed E-state index contributed by atoms with van der Waals surface area (Å²) in [6.07, 6.45) is 2.63. The van der Waals surface area contributed by atoms with Crippen molar-refractivity contribution in [3.8, 4) is 17.2 Å². The van der Waals surface area contributed by atoms with E-state index in [1.165, 1.54) is 5.56 Å². The van der Waals surface area contributed by atoms with Crippen LogP contribution >= 0.6 is 15.9 Å². The zero-order valence-corrected chi connectivity index (χ0v) is 16.3. The van der Waals surface area contributed by atoms with Crippen LogP contribution in [0.2, 0.25) is 0 Å². The van der Waals surface area contributed by atoms with Gasteiger partial charge in [0.15, 0.2) is 5.58 Å². The number of oxazole rings is 1. The van der Waals surface area contributed by atoms with Gasteiger partial charge < -0.3 is 9.52 Å². The van der Waals surface area contributed by atoms with Crippen LogP contribution in [-0.4, -0.2) is 16.3 Å². The molecule has 0 radical (unpaired) electrons. The van der Waals surface area contributed by atoms with E-state index in [0.717, 1.165) is 27.7 Å². The molecule has 0 bridgehead atoms. The summed E-state index contributed by atoms with van der Waals surface area (Å²) in [6, 6.07) is 19.0. The molecule has 1 N–H and O–H groups in total. The first-order valence-corrected chi connectivity index (χ1v) is 9.44. The van der Waals surface area contributed by atoms with Crippen molar-refractivity contribution in [3.63, 3.8) is 0 Å². The Morgan fingerprint density at radius 1 is 1.07 bits per heavy atom. The fraction of sp³-hybridized carbons (Fsp3) is 0.0909. The van der Waals surface area contributed by atoms with Gasteiger partial charge in [-0.3, -0.25) is 4.99 Å². The van der Waals surface area contributed by atoms with Crippen LogP contribution in [0.25, 0.3) is 22.6 Å². The summed E-state index contributed by atoms with van der Waals surface area (Å²) in [5, 5.41) is 9.91. The highest BCUT2D eigenvalue weighted by atomic mass is 79.9. The molecule has 0 aliphatic heterocycles. The van der Waals surface area contributed by atoms with Gasteiger partial charge in [0.05, 0.1) is 5.69 Å². The maximum Gasteiger partial charge on any atom is 0.227 e. The molecule has 27 heavy (non-hydrogen) atoms. The van der Waals surface area contributed by atoms with Crippen molar-refractivity contribution >= 4 is 38.9 Å². The third kappa shape index (κ3) is 3.78. The first-order valence-electron chi connectivity index (χ1n) is 8.65. The van der Waals surface area contributed by atoms with E-state index in [9.17, 15) is 5.11 Å². The zero-order valence-electron chi connectivity index (χ0n) is 14.7. The van der Waals surface area contributed by atoms with E-state index in [2.05, 4.69) is 45.0 Å². The van der Waals surface area contributed by atoms with Crippen LogP contribution in [0.4, 0.5) is 5.69 Å². The lowest BCUT2D eigenvalue weighted by Crippen LogP contribution is -1.82. The Kier molecular flexibility index (Phi) is 4.77. The molecule has 1 heterocycles. The van der Waals surface area contributed by atoms with Gasteiger partial charge in [-0.25, -0.2) is 4.98 Å². The molecule has 0 amide bonds. The highest BCUT2D eigenvalue weighted by Gasteiger charge is 2.09. The number of nitrogens with zero attached hydrogens (tertiary/aromatic N) is 2. The Morgan fingerprint density at radius 2 is 1.89 bits per heavy atom.